The van der Waals surface area contributed by atoms with Crippen molar-refractivity contribution in [1.82, 2.24) is 0 Å². The predicted molar refractivity (Wildman–Crippen MR) is 58.9 cm³/mol. The highest BCUT2D eigenvalue weighted by atomic mass is 35.5. The van der Waals surface area contributed by atoms with E-state index in [0.717, 1.165) is 5.56 Å². The van der Waals surface area contributed by atoms with Gasteiger partial charge in [-0.25, -0.2) is 0 Å². The monoisotopic (exact) mass is 225 g/mol. The van der Waals surface area contributed by atoms with Crippen LogP contribution in [0.2, 0.25) is 5.02 Å². The first kappa shape index (κ1) is 11.7. The molecule has 15 heavy (non-hydrogen) atoms. The molecule has 0 aliphatic rings. The van der Waals surface area contributed by atoms with Gasteiger partial charge >= 0.3 is 0 Å². The van der Waals surface area contributed by atoms with Gasteiger partial charge < -0.3 is 5.73 Å². The van der Waals surface area contributed by atoms with Gasteiger partial charge in [0.2, 0.25) is 5.91 Å². The fourth-order valence-electron chi connectivity index (χ4n) is 1.31. The highest BCUT2D eigenvalue weighted by molar-refractivity contribution is 6.30. The summed E-state index contributed by atoms with van der Waals surface area (Å²) in [6.07, 6.45) is 0.235. The molecular weight excluding hydrogens is 214 g/mol. The molecule has 0 heterocycles. The summed E-state index contributed by atoms with van der Waals surface area (Å²) >= 11 is 5.76. The Morgan fingerprint density at radius 3 is 2.53 bits per heavy atom. The van der Waals surface area contributed by atoms with Crippen LogP contribution in [0.3, 0.4) is 0 Å². The first-order valence-electron chi connectivity index (χ1n) is 4.58. The summed E-state index contributed by atoms with van der Waals surface area (Å²) in [5.74, 6) is -0.544. The fourth-order valence-corrected chi connectivity index (χ4v) is 1.54. The molecule has 0 aliphatic heterocycles. The maximum absolute atomic E-state index is 11.6. The molecule has 1 aromatic carbocycles. The smallest absolute Gasteiger partial charge is 0.217 e. The Kier molecular flexibility index (Phi) is 3.86. The normalized spacial score (nSPS) is 10.0. The molecule has 0 atom stereocenters. The van der Waals surface area contributed by atoms with Crippen molar-refractivity contribution in [1.29, 1.82) is 0 Å². The van der Waals surface area contributed by atoms with Gasteiger partial charge in [-0.15, -0.1) is 0 Å². The zero-order valence-corrected chi connectivity index (χ0v) is 9.17. The maximum Gasteiger partial charge on any atom is 0.217 e. The summed E-state index contributed by atoms with van der Waals surface area (Å²) < 4.78 is 0. The number of rotatable bonds is 4. The molecule has 1 amide bonds. The van der Waals surface area contributed by atoms with Gasteiger partial charge in [0.1, 0.15) is 0 Å². The number of Topliss-reactive ketones (excluding diaryl/α,β-unsaturated/α-hetero) is 1. The minimum atomic E-state index is -0.463. The third-order valence-corrected chi connectivity index (χ3v) is 2.32. The zero-order valence-electron chi connectivity index (χ0n) is 8.42. The van der Waals surface area contributed by atoms with E-state index in [1.54, 1.807) is 18.2 Å². The van der Waals surface area contributed by atoms with Crippen LogP contribution in [0.15, 0.2) is 18.2 Å². The number of ketones is 1. The molecule has 0 saturated carbocycles. The van der Waals surface area contributed by atoms with Crippen LogP contribution in [-0.2, 0) is 4.79 Å². The largest absolute Gasteiger partial charge is 0.370 e. The van der Waals surface area contributed by atoms with Gasteiger partial charge in [0.25, 0.3) is 0 Å². The lowest BCUT2D eigenvalue weighted by Gasteiger charge is -2.04. The lowest BCUT2D eigenvalue weighted by atomic mass is 10.0. The Balaban J connectivity index is 2.78. The van der Waals surface area contributed by atoms with Crippen molar-refractivity contribution in [3.8, 4) is 0 Å². The number of amides is 1. The predicted octanol–water partition coefficient (Wildman–Crippen LogP) is 2.10. The molecule has 1 rings (SSSR count). The molecule has 0 radical (unpaired) electrons. The number of benzene rings is 1. The van der Waals surface area contributed by atoms with Crippen LogP contribution in [0, 0.1) is 6.92 Å². The van der Waals surface area contributed by atoms with Gasteiger partial charge in [-0.2, -0.15) is 0 Å². The van der Waals surface area contributed by atoms with Gasteiger partial charge in [0, 0.05) is 23.4 Å². The Morgan fingerprint density at radius 2 is 2.00 bits per heavy atom. The van der Waals surface area contributed by atoms with Crippen molar-refractivity contribution in [2.24, 2.45) is 5.73 Å². The number of primary amides is 1. The van der Waals surface area contributed by atoms with Crippen LogP contribution >= 0.6 is 11.6 Å². The summed E-state index contributed by atoms with van der Waals surface area (Å²) in [5.41, 5.74) is 6.38. The lowest BCUT2D eigenvalue weighted by Crippen LogP contribution is -2.13. The van der Waals surface area contributed by atoms with Crippen molar-refractivity contribution >= 4 is 23.3 Å². The van der Waals surface area contributed by atoms with Crippen molar-refractivity contribution in [3.63, 3.8) is 0 Å². The molecule has 0 bridgehead atoms. The van der Waals surface area contributed by atoms with E-state index in [0.29, 0.717) is 10.6 Å². The van der Waals surface area contributed by atoms with Crippen molar-refractivity contribution in [2.45, 2.75) is 19.8 Å². The molecule has 3 nitrogen and oxygen atoms in total. The van der Waals surface area contributed by atoms with Crippen molar-refractivity contribution < 1.29 is 9.59 Å². The minimum Gasteiger partial charge on any atom is -0.370 e. The topological polar surface area (TPSA) is 60.2 Å². The van der Waals surface area contributed by atoms with Crippen LogP contribution in [-0.4, -0.2) is 11.7 Å². The molecule has 0 unspecified atom stereocenters. The molecule has 0 saturated heterocycles. The maximum atomic E-state index is 11.6. The van der Waals surface area contributed by atoms with E-state index in [1.807, 2.05) is 6.92 Å². The molecule has 1 aromatic rings. The number of hydrogen-bond acceptors (Lipinski definition) is 2. The quantitative estimate of drug-likeness (QED) is 0.798. The van der Waals surface area contributed by atoms with Crippen LogP contribution in [0.1, 0.15) is 28.8 Å². The van der Waals surface area contributed by atoms with E-state index in [9.17, 15) is 9.59 Å². The van der Waals surface area contributed by atoms with Crippen molar-refractivity contribution in [2.75, 3.05) is 0 Å². The third kappa shape index (κ3) is 3.36. The number of halogens is 1. The van der Waals surface area contributed by atoms with E-state index >= 15 is 0 Å². The number of carbonyl (C=O) groups is 2. The molecule has 0 fully saturated rings. The van der Waals surface area contributed by atoms with E-state index < -0.39 is 5.91 Å². The molecule has 0 aromatic heterocycles. The minimum absolute atomic E-state index is 0.0806. The third-order valence-electron chi connectivity index (χ3n) is 2.09. The molecule has 4 heteroatoms. The SMILES string of the molecule is Cc1cc(Cl)ccc1C(=O)CCC(N)=O. The number of hydrogen-bond donors (Lipinski definition) is 1. The highest BCUT2D eigenvalue weighted by Crippen LogP contribution is 2.17. The first-order chi connectivity index (χ1) is 7.00. The molecule has 0 aliphatic carbocycles. The number of nitrogens with two attached hydrogens (primary N) is 1. The second-order valence-electron chi connectivity index (χ2n) is 3.35. The van der Waals surface area contributed by atoms with Crippen molar-refractivity contribution in [3.05, 3.63) is 34.3 Å². The Bertz CT molecular complexity index is 402. The molecule has 80 valence electrons. The number of aryl methyl sites for hydroxylation is 1. The van der Waals surface area contributed by atoms with Gasteiger partial charge in [-0.05, 0) is 30.7 Å². The molecule has 2 N–H and O–H groups in total. The van der Waals surface area contributed by atoms with Crippen LogP contribution in [0.4, 0.5) is 0 Å². The number of carbonyl (C=O) groups excluding carboxylic acids is 2. The Hall–Kier alpha value is -1.35. The van der Waals surface area contributed by atoms with Gasteiger partial charge in [-0.3, -0.25) is 9.59 Å². The average Bonchev–Trinajstić information content (AvgIpc) is 2.14. The van der Waals surface area contributed by atoms with Gasteiger partial charge in [0.05, 0.1) is 0 Å². The van der Waals surface area contributed by atoms with E-state index in [1.165, 1.54) is 0 Å². The summed E-state index contributed by atoms with van der Waals surface area (Å²) in [6.45, 7) is 1.81. The van der Waals surface area contributed by atoms with Gasteiger partial charge in [-0.1, -0.05) is 11.6 Å². The fraction of sp³-hybridized carbons (Fsp3) is 0.273. The standard InChI is InChI=1S/C11H12ClNO2/c1-7-6-8(12)2-3-9(7)10(14)4-5-11(13)15/h2-3,6H,4-5H2,1H3,(H2,13,15). The Labute approximate surface area is 93.2 Å². The second-order valence-corrected chi connectivity index (χ2v) is 3.79. The highest BCUT2D eigenvalue weighted by Gasteiger charge is 2.10. The summed E-state index contributed by atoms with van der Waals surface area (Å²) in [4.78, 5) is 22.2. The summed E-state index contributed by atoms with van der Waals surface area (Å²) in [7, 11) is 0. The van der Waals surface area contributed by atoms with Gasteiger partial charge in [0.15, 0.2) is 5.78 Å². The van der Waals surface area contributed by atoms with E-state index in [2.05, 4.69) is 0 Å². The second kappa shape index (κ2) is 4.94. The zero-order chi connectivity index (χ0) is 11.4. The van der Waals surface area contributed by atoms with Crippen LogP contribution in [0.5, 0.6) is 0 Å². The molecular formula is C11H12ClNO2. The molecule has 0 spiro atoms. The first-order valence-corrected chi connectivity index (χ1v) is 4.96. The summed E-state index contributed by atoms with van der Waals surface area (Å²) in [6, 6.07) is 5.05. The lowest BCUT2D eigenvalue weighted by molar-refractivity contribution is -0.118. The van der Waals surface area contributed by atoms with Crippen LogP contribution < -0.4 is 5.73 Å². The van der Waals surface area contributed by atoms with E-state index in [-0.39, 0.29) is 18.6 Å². The Morgan fingerprint density at radius 1 is 1.33 bits per heavy atom. The van der Waals surface area contributed by atoms with E-state index in [4.69, 9.17) is 17.3 Å². The average molecular weight is 226 g/mol. The van der Waals surface area contributed by atoms with Crippen LogP contribution in [0.25, 0.3) is 0 Å². The summed E-state index contributed by atoms with van der Waals surface area (Å²) in [5, 5.41) is 0.596.